The Bertz CT molecular complexity index is 108. The molecule has 0 aromatic carbocycles. The third-order valence-electron chi connectivity index (χ3n) is 1.45. The Kier molecular flexibility index (Phi) is 5.11. The van der Waals surface area contributed by atoms with Gasteiger partial charge in [-0.2, -0.15) is 0 Å². The first kappa shape index (κ1) is 10.6. The Labute approximate surface area is 67.3 Å². The normalized spacial score (nSPS) is 11.5. The van der Waals surface area contributed by atoms with Crippen molar-refractivity contribution >= 4 is 0 Å². The van der Waals surface area contributed by atoms with Gasteiger partial charge in [-0.15, -0.1) is 6.58 Å². The Morgan fingerprint density at radius 2 is 2.00 bits per heavy atom. The van der Waals surface area contributed by atoms with Crippen molar-refractivity contribution < 1.29 is 14.9 Å². The fourth-order valence-corrected chi connectivity index (χ4v) is 0.530. The van der Waals surface area contributed by atoms with E-state index in [1.807, 2.05) is 0 Å². The van der Waals surface area contributed by atoms with Gasteiger partial charge in [0.15, 0.2) is 0 Å². The summed E-state index contributed by atoms with van der Waals surface area (Å²) < 4.78 is 5.09. The largest absolute Gasteiger partial charge is 0.396 e. The van der Waals surface area contributed by atoms with Crippen LogP contribution in [0.2, 0.25) is 0 Å². The van der Waals surface area contributed by atoms with Crippen LogP contribution in [0.3, 0.4) is 0 Å². The SMILES string of the molecule is C=CCOCC(C)(CO)CO. The number of rotatable bonds is 6. The van der Waals surface area contributed by atoms with E-state index in [9.17, 15) is 0 Å². The van der Waals surface area contributed by atoms with Crippen molar-refractivity contribution in [1.29, 1.82) is 0 Å². The lowest BCUT2D eigenvalue weighted by Crippen LogP contribution is -2.31. The quantitative estimate of drug-likeness (QED) is 0.430. The molecule has 0 aliphatic rings. The van der Waals surface area contributed by atoms with Gasteiger partial charge in [-0.1, -0.05) is 13.0 Å². The van der Waals surface area contributed by atoms with E-state index in [1.54, 1.807) is 13.0 Å². The Morgan fingerprint density at radius 1 is 1.45 bits per heavy atom. The summed E-state index contributed by atoms with van der Waals surface area (Å²) in [5.74, 6) is 0. The molecule has 2 N–H and O–H groups in total. The van der Waals surface area contributed by atoms with Crippen molar-refractivity contribution in [3.8, 4) is 0 Å². The highest BCUT2D eigenvalue weighted by Crippen LogP contribution is 2.13. The van der Waals surface area contributed by atoms with Crippen LogP contribution in [0.25, 0.3) is 0 Å². The lowest BCUT2D eigenvalue weighted by atomic mass is 9.95. The molecule has 0 heterocycles. The van der Waals surface area contributed by atoms with Crippen LogP contribution in [0.4, 0.5) is 0 Å². The molecular weight excluding hydrogens is 144 g/mol. The maximum atomic E-state index is 8.82. The van der Waals surface area contributed by atoms with E-state index in [2.05, 4.69) is 6.58 Å². The molecule has 0 aromatic rings. The molecule has 0 rings (SSSR count). The molecule has 0 amide bonds. The highest BCUT2D eigenvalue weighted by Gasteiger charge is 2.22. The van der Waals surface area contributed by atoms with Gasteiger partial charge >= 0.3 is 0 Å². The maximum absolute atomic E-state index is 8.82. The second-order valence-corrected chi connectivity index (χ2v) is 2.93. The van der Waals surface area contributed by atoms with E-state index in [0.29, 0.717) is 13.2 Å². The van der Waals surface area contributed by atoms with E-state index in [0.717, 1.165) is 0 Å². The van der Waals surface area contributed by atoms with Crippen molar-refractivity contribution in [1.82, 2.24) is 0 Å². The van der Waals surface area contributed by atoms with Crippen LogP contribution >= 0.6 is 0 Å². The first-order valence-electron chi connectivity index (χ1n) is 3.59. The number of aliphatic hydroxyl groups excluding tert-OH is 2. The molecule has 3 nitrogen and oxygen atoms in total. The van der Waals surface area contributed by atoms with Gasteiger partial charge in [0.1, 0.15) is 0 Å². The molecule has 0 saturated heterocycles. The van der Waals surface area contributed by atoms with Gasteiger partial charge in [-0.25, -0.2) is 0 Å². The topological polar surface area (TPSA) is 49.7 Å². The van der Waals surface area contributed by atoms with Crippen molar-refractivity contribution in [3.05, 3.63) is 12.7 Å². The summed E-state index contributed by atoms with van der Waals surface area (Å²) in [7, 11) is 0. The van der Waals surface area contributed by atoms with E-state index in [-0.39, 0.29) is 13.2 Å². The van der Waals surface area contributed by atoms with Crippen LogP contribution in [-0.4, -0.2) is 36.6 Å². The van der Waals surface area contributed by atoms with Gasteiger partial charge in [-0.3, -0.25) is 0 Å². The zero-order valence-corrected chi connectivity index (χ0v) is 6.92. The molecular formula is C8H16O3. The van der Waals surface area contributed by atoms with E-state index in [4.69, 9.17) is 14.9 Å². The maximum Gasteiger partial charge on any atom is 0.0645 e. The molecule has 11 heavy (non-hydrogen) atoms. The zero-order valence-electron chi connectivity index (χ0n) is 6.92. The molecule has 0 spiro atoms. The third kappa shape index (κ3) is 4.14. The van der Waals surface area contributed by atoms with Crippen molar-refractivity contribution in [2.24, 2.45) is 5.41 Å². The summed E-state index contributed by atoms with van der Waals surface area (Å²) in [5.41, 5.74) is -0.525. The summed E-state index contributed by atoms with van der Waals surface area (Å²) in [6.07, 6.45) is 1.63. The summed E-state index contributed by atoms with van der Waals surface area (Å²) in [4.78, 5) is 0. The summed E-state index contributed by atoms with van der Waals surface area (Å²) in [6.45, 7) is 5.91. The molecule has 0 aromatic heterocycles. The molecule has 66 valence electrons. The van der Waals surface area contributed by atoms with Crippen molar-refractivity contribution in [2.75, 3.05) is 26.4 Å². The van der Waals surface area contributed by atoms with Gasteiger partial charge in [0, 0.05) is 5.41 Å². The van der Waals surface area contributed by atoms with E-state index in [1.165, 1.54) is 0 Å². The average molecular weight is 160 g/mol. The van der Waals surface area contributed by atoms with Gasteiger partial charge < -0.3 is 14.9 Å². The molecule has 0 bridgehead atoms. The van der Waals surface area contributed by atoms with Gasteiger partial charge in [0.25, 0.3) is 0 Å². The van der Waals surface area contributed by atoms with Gasteiger partial charge in [0.05, 0.1) is 26.4 Å². The number of aliphatic hydroxyl groups is 2. The average Bonchev–Trinajstić information content (AvgIpc) is 2.05. The zero-order chi connectivity index (χ0) is 8.74. The smallest absolute Gasteiger partial charge is 0.0645 e. The third-order valence-corrected chi connectivity index (χ3v) is 1.45. The van der Waals surface area contributed by atoms with Crippen LogP contribution in [0, 0.1) is 5.41 Å². The highest BCUT2D eigenvalue weighted by molar-refractivity contribution is 4.72. The van der Waals surface area contributed by atoms with Crippen LogP contribution in [0.5, 0.6) is 0 Å². The Balaban J connectivity index is 3.59. The minimum Gasteiger partial charge on any atom is -0.396 e. The standard InChI is InChI=1S/C8H16O3/c1-3-4-11-7-8(2,5-9)6-10/h3,9-10H,1,4-7H2,2H3. The first-order chi connectivity index (χ1) is 5.18. The van der Waals surface area contributed by atoms with Crippen LogP contribution in [-0.2, 0) is 4.74 Å². The molecule has 0 radical (unpaired) electrons. The fraction of sp³-hybridized carbons (Fsp3) is 0.750. The second-order valence-electron chi connectivity index (χ2n) is 2.93. The molecule has 0 aliphatic carbocycles. The molecule has 3 heteroatoms. The Morgan fingerprint density at radius 3 is 2.36 bits per heavy atom. The monoisotopic (exact) mass is 160 g/mol. The van der Waals surface area contributed by atoms with E-state index >= 15 is 0 Å². The lowest BCUT2D eigenvalue weighted by molar-refractivity contribution is -0.00814. The fourth-order valence-electron chi connectivity index (χ4n) is 0.530. The summed E-state index contributed by atoms with van der Waals surface area (Å²) in [5, 5.41) is 17.6. The van der Waals surface area contributed by atoms with Crippen molar-refractivity contribution in [3.63, 3.8) is 0 Å². The molecule has 0 aliphatic heterocycles. The molecule has 0 atom stereocenters. The number of hydrogen-bond donors (Lipinski definition) is 2. The highest BCUT2D eigenvalue weighted by atomic mass is 16.5. The molecule has 0 saturated carbocycles. The minimum atomic E-state index is -0.525. The van der Waals surface area contributed by atoms with Gasteiger partial charge in [-0.05, 0) is 0 Å². The van der Waals surface area contributed by atoms with Crippen LogP contribution < -0.4 is 0 Å². The summed E-state index contributed by atoms with van der Waals surface area (Å²) in [6, 6.07) is 0. The van der Waals surface area contributed by atoms with E-state index < -0.39 is 5.41 Å². The molecule has 0 fully saturated rings. The lowest BCUT2D eigenvalue weighted by Gasteiger charge is -2.23. The Hall–Kier alpha value is -0.380. The first-order valence-corrected chi connectivity index (χ1v) is 3.59. The van der Waals surface area contributed by atoms with Crippen LogP contribution in [0.15, 0.2) is 12.7 Å². The minimum absolute atomic E-state index is 0.0688. The second kappa shape index (κ2) is 5.29. The number of hydrogen-bond acceptors (Lipinski definition) is 3. The van der Waals surface area contributed by atoms with Crippen molar-refractivity contribution in [2.45, 2.75) is 6.92 Å². The van der Waals surface area contributed by atoms with Gasteiger partial charge in [0.2, 0.25) is 0 Å². The predicted molar refractivity (Wildman–Crippen MR) is 43.3 cm³/mol. The summed E-state index contributed by atoms with van der Waals surface area (Å²) >= 11 is 0. The predicted octanol–water partition coefficient (Wildman–Crippen LogP) is 0.180. The molecule has 0 unspecified atom stereocenters. The number of ether oxygens (including phenoxy) is 1. The van der Waals surface area contributed by atoms with Crippen LogP contribution in [0.1, 0.15) is 6.92 Å².